The fraction of sp³-hybridized carbons (Fsp3) is 0.240. The first kappa shape index (κ1) is 20.8. The van der Waals surface area contributed by atoms with Gasteiger partial charge in [0, 0.05) is 0 Å². The zero-order valence-corrected chi connectivity index (χ0v) is 16.8. The van der Waals surface area contributed by atoms with Gasteiger partial charge in [-0.3, -0.25) is 4.79 Å². The van der Waals surface area contributed by atoms with Crippen molar-refractivity contribution in [2.24, 2.45) is 11.7 Å². The number of hydrogen-bond acceptors (Lipinski definition) is 3. The van der Waals surface area contributed by atoms with E-state index in [0.29, 0.717) is 0 Å². The summed E-state index contributed by atoms with van der Waals surface area (Å²) >= 11 is 0. The molecule has 0 aromatic heterocycles. The summed E-state index contributed by atoms with van der Waals surface area (Å²) in [7, 11) is 0. The Hall–Kier alpha value is -2.95. The number of benzene rings is 3. The molecule has 0 saturated carbocycles. The third kappa shape index (κ3) is 4.39. The highest BCUT2D eigenvalue weighted by molar-refractivity contribution is 5.83. The van der Waals surface area contributed by atoms with Crippen molar-refractivity contribution in [3.8, 4) is 0 Å². The lowest BCUT2D eigenvalue weighted by molar-refractivity contribution is -0.125. The Morgan fingerprint density at radius 2 is 1.24 bits per heavy atom. The van der Waals surface area contributed by atoms with Gasteiger partial charge >= 0.3 is 0 Å². The van der Waals surface area contributed by atoms with E-state index in [-0.39, 0.29) is 11.8 Å². The van der Waals surface area contributed by atoms with Crippen LogP contribution in [0.3, 0.4) is 0 Å². The fourth-order valence-corrected chi connectivity index (χ4v) is 3.72. The molecule has 29 heavy (non-hydrogen) atoms. The number of nitrogens with one attached hydrogen (secondary N) is 1. The van der Waals surface area contributed by atoms with E-state index in [4.69, 9.17) is 5.73 Å². The van der Waals surface area contributed by atoms with E-state index in [2.05, 4.69) is 5.32 Å². The molecule has 0 spiro atoms. The topological polar surface area (TPSA) is 75.4 Å². The molecule has 0 aliphatic heterocycles. The van der Waals surface area contributed by atoms with Crippen LogP contribution < -0.4 is 11.1 Å². The largest absolute Gasteiger partial charge is 0.378 e. The first-order valence-electron chi connectivity index (χ1n) is 9.89. The minimum atomic E-state index is -1.40. The molecule has 0 heterocycles. The maximum Gasteiger partial charge on any atom is 0.241 e. The molecular formula is C25H28N2O2. The van der Waals surface area contributed by atoms with E-state index in [1.165, 1.54) is 0 Å². The normalized spacial score (nSPS) is 13.7. The number of carbonyl (C=O) groups is 1. The van der Waals surface area contributed by atoms with E-state index >= 15 is 0 Å². The Labute approximate surface area is 172 Å². The van der Waals surface area contributed by atoms with Crippen molar-refractivity contribution in [1.29, 1.82) is 0 Å². The van der Waals surface area contributed by atoms with Gasteiger partial charge < -0.3 is 16.2 Å². The predicted octanol–water partition coefficient (Wildman–Crippen LogP) is 3.76. The Morgan fingerprint density at radius 3 is 1.66 bits per heavy atom. The van der Waals surface area contributed by atoms with Crippen LogP contribution >= 0.6 is 0 Å². The van der Waals surface area contributed by atoms with Gasteiger partial charge in [-0.1, -0.05) is 105 Å². The van der Waals surface area contributed by atoms with E-state index in [9.17, 15) is 9.90 Å². The summed E-state index contributed by atoms with van der Waals surface area (Å²) in [5, 5.41) is 15.1. The predicted molar refractivity (Wildman–Crippen MR) is 116 cm³/mol. The minimum absolute atomic E-state index is 0.0488. The van der Waals surface area contributed by atoms with Crippen LogP contribution in [0, 0.1) is 5.92 Å². The molecule has 4 nitrogen and oxygen atoms in total. The van der Waals surface area contributed by atoms with Crippen molar-refractivity contribution < 1.29 is 9.90 Å². The van der Waals surface area contributed by atoms with Gasteiger partial charge in [-0.25, -0.2) is 0 Å². The Kier molecular flexibility index (Phi) is 6.47. The summed E-state index contributed by atoms with van der Waals surface area (Å²) in [5.74, 6) is -0.368. The smallest absolute Gasteiger partial charge is 0.241 e. The van der Waals surface area contributed by atoms with Crippen molar-refractivity contribution >= 4 is 5.91 Å². The number of aliphatic hydroxyl groups is 1. The second kappa shape index (κ2) is 9.03. The summed E-state index contributed by atoms with van der Waals surface area (Å²) in [6.07, 6.45) is 0. The van der Waals surface area contributed by atoms with E-state index in [1.807, 2.05) is 105 Å². The summed E-state index contributed by atoms with van der Waals surface area (Å²) in [6.45, 7) is 3.96. The molecule has 0 radical (unpaired) electrons. The van der Waals surface area contributed by atoms with Crippen LogP contribution in [0.15, 0.2) is 91.0 Å². The highest BCUT2D eigenvalue weighted by Gasteiger charge is 2.43. The average molecular weight is 389 g/mol. The number of nitrogens with two attached hydrogens (primary N) is 1. The van der Waals surface area contributed by atoms with Crippen LogP contribution in [0.4, 0.5) is 0 Å². The lowest BCUT2D eigenvalue weighted by Crippen LogP contribution is -2.55. The summed E-state index contributed by atoms with van der Waals surface area (Å²) in [5.41, 5.74) is 6.99. The Morgan fingerprint density at radius 1 is 0.828 bits per heavy atom. The molecule has 3 rings (SSSR count). The third-order valence-corrected chi connectivity index (χ3v) is 5.28. The molecule has 0 aliphatic rings. The van der Waals surface area contributed by atoms with Gasteiger partial charge in [-0.15, -0.1) is 0 Å². The van der Waals surface area contributed by atoms with Crippen molar-refractivity contribution in [1.82, 2.24) is 5.32 Å². The second-order valence-electron chi connectivity index (χ2n) is 7.62. The molecule has 0 bridgehead atoms. The molecule has 150 valence electrons. The highest BCUT2D eigenvalue weighted by Crippen LogP contribution is 2.36. The maximum absolute atomic E-state index is 13.0. The van der Waals surface area contributed by atoms with Crippen LogP contribution in [-0.4, -0.2) is 17.1 Å². The van der Waals surface area contributed by atoms with Crippen LogP contribution in [0.1, 0.15) is 36.6 Å². The quantitative estimate of drug-likeness (QED) is 0.577. The van der Waals surface area contributed by atoms with Crippen molar-refractivity contribution in [3.05, 3.63) is 108 Å². The van der Waals surface area contributed by atoms with Gasteiger partial charge in [0.25, 0.3) is 0 Å². The van der Waals surface area contributed by atoms with E-state index in [0.717, 1.165) is 16.7 Å². The SMILES string of the molecule is CC(C)[C@@H](NC(=O)[C@@H](N)c1ccccc1)C(O)(c1ccccc1)c1ccccc1. The van der Waals surface area contributed by atoms with Crippen molar-refractivity contribution in [2.75, 3.05) is 0 Å². The van der Waals surface area contributed by atoms with Crippen molar-refractivity contribution in [2.45, 2.75) is 31.5 Å². The molecule has 1 amide bonds. The number of amides is 1. The van der Waals surface area contributed by atoms with Gasteiger partial charge in [0.2, 0.25) is 5.91 Å². The molecule has 4 heteroatoms. The van der Waals surface area contributed by atoms with Gasteiger partial charge in [0.1, 0.15) is 11.6 Å². The highest BCUT2D eigenvalue weighted by atomic mass is 16.3. The first-order valence-corrected chi connectivity index (χ1v) is 9.89. The number of rotatable bonds is 7. The lowest BCUT2D eigenvalue weighted by atomic mass is 9.75. The van der Waals surface area contributed by atoms with Crippen molar-refractivity contribution in [3.63, 3.8) is 0 Å². The molecule has 0 aliphatic carbocycles. The van der Waals surface area contributed by atoms with Crippen LogP contribution in [0.5, 0.6) is 0 Å². The average Bonchev–Trinajstić information content (AvgIpc) is 2.78. The molecule has 0 fully saturated rings. The van der Waals surface area contributed by atoms with E-state index < -0.39 is 17.7 Å². The fourth-order valence-electron chi connectivity index (χ4n) is 3.72. The Balaban J connectivity index is 2.01. The van der Waals surface area contributed by atoms with Crippen LogP contribution in [0.25, 0.3) is 0 Å². The summed E-state index contributed by atoms with van der Waals surface area (Å²) in [4.78, 5) is 13.0. The zero-order valence-electron chi connectivity index (χ0n) is 16.8. The second-order valence-corrected chi connectivity index (χ2v) is 7.62. The molecular weight excluding hydrogens is 360 g/mol. The summed E-state index contributed by atoms with van der Waals surface area (Å²) in [6, 6.07) is 26.7. The maximum atomic E-state index is 13.0. The molecule has 2 atom stereocenters. The molecule has 0 unspecified atom stereocenters. The lowest BCUT2D eigenvalue weighted by Gasteiger charge is -2.40. The molecule has 4 N–H and O–H groups in total. The van der Waals surface area contributed by atoms with Crippen LogP contribution in [0.2, 0.25) is 0 Å². The third-order valence-electron chi connectivity index (χ3n) is 5.28. The molecule has 3 aromatic carbocycles. The van der Waals surface area contributed by atoms with Crippen LogP contribution in [-0.2, 0) is 10.4 Å². The Bertz CT molecular complexity index is 872. The monoisotopic (exact) mass is 388 g/mol. The number of hydrogen-bond donors (Lipinski definition) is 3. The molecule has 0 saturated heterocycles. The first-order chi connectivity index (χ1) is 13.9. The van der Waals surface area contributed by atoms with Gasteiger partial charge in [-0.2, -0.15) is 0 Å². The van der Waals surface area contributed by atoms with E-state index in [1.54, 1.807) is 0 Å². The van der Waals surface area contributed by atoms with Gasteiger partial charge in [-0.05, 0) is 22.6 Å². The van der Waals surface area contributed by atoms with Gasteiger partial charge in [0.15, 0.2) is 0 Å². The zero-order chi connectivity index (χ0) is 20.9. The standard InChI is InChI=1S/C25H28N2O2/c1-18(2)23(27-24(28)22(26)19-12-6-3-7-13-19)25(29,20-14-8-4-9-15-20)21-16-10-5-11-17-21/h3-18,22-23,29H,26H2,1-2H3,(H,27,28)/t22-,23+/m0/s1. The minimum Gasteiger partial charge on any atom is -0.378 e. The molecule has 3 aromatic rings. The summed E-state index contributed by atoms with van der Waals surface area (Å²) < 4.78 is 0. The van der Waals surface area contributed by atoms with Gasteiger partial charge in [0.05, 0.1) is 6.04 Å². The number of carbonyl (C=O) groups excluding carboxylic acids is 1.